The van der Waals surface area contributed by atoms with Crippen LogP contribution in [0.25, 0.3) is 0 Å². The summed E-state index contributed by atoms with van der Waals surface area (Å²) in [7, 11) is 0. The second-order valence-corrected chi connectivity index (χ2v) is 3.36. The van der Waals surface area contributed by atoms with Crippen molar-refractivity contribution in [1.82, 2.24) is 5.32 Å². The first-order chi connectivity index (χ1) is 8.15. The maximum atomic E-state index is 11.9. The van der Waals surface area contributed by atoms with Crippen LogP contribution in [0.1, 0.15) is 0 Å². The van der Waals surface area contributed by atoms with E-state index in [2.05, 4.69) is 0 Å². The molecule has 0 aliphatic carbocycles. The Bertz CT molecular complexity index is 297. The number of hydrogen-bond donors (Lipinski definition) is 5. The molecule has 10 heteroatoms. The van der Waals surface area contributed by atoms with E-state index in [-0.39, 0.29) is 6.29 Å². The maximum Gasteiger partial charge on any atom is 0.471 e. The first-order valence-electron chi connectivity index (χ1n) is 4.63. The van der Waals surface area contributed by atoms with Crippen molar-refractivity contribution in [3.05, 3.63) is 0 Å². The van der Waals surface area contributed by atoms with Crippen LogP contribution in [-0.2, 0) is 9.59 Å². The zero-order chi connectivity index (χ0) is 14.5. The molecule has 0 spiro atoms. The van der Waals surface area contributed by atoms with Gasteiger partial charge in [0.1, 0.15) is 30.6 Å². The van der Waals surface area contributed by atoms with Gasteiger partial charge in [0, 0.05) is 0 Å². The third-order valence-electron chi connectivity index (χ3n) is 2.00. The molecule has 5 N–H and O–H groups in total. The summed E-state index contributed by atoms with van der Waals surface area (Å²) in [5, 5.41) is 36.9. The van der Waals surface area contributed by atoms with Gasteiger partial charge in [-0.2, -0.15) is 13.2 Å². The van der Waals surface area contributed by atoms with Gasteiger partial charge in [-0.15, -0.1) is 0 Å². The fourth-order valence-corrected chi connectivity index (χ4v) is 0.981. The van der Waals surface area contributed by atoms with Crippen molar-refractivity contribution in [2.24, 2.45) is 0 Å². The minimum atomic E-state index is -5.26. The number of aliphatic hydroxyl groups is 4. The largest absolute Gasteiger partial charge is 0.471 e. The molecule has 0 saturated heterocycles. The van der Waals surface area contributed by atoms with Crippen molar-refractivity contribution in [1.29, 1.82) is 0 Å². The lowest BCUT2D eigenvalue weighted by Gasteiger charge is -2.26. The Balaban J connectivity index is 4.69. The van der Waals surface area contributed by atoms with Crippen LogP contribution < -0.4 is 5.32 Å². The van der Waals surface area contributed by atoms with Gasteiger partial charge in [-0.1, -0.05) is 0 Å². The van der Waals surface area contributed by atoms with Crippen molar-refractivity contribution in [3.8, 4) is 0 Å². The Hall–Kier alpha value is -1.23. The lowest BCUT2D eigenvalue weighted by Crippen LogP contribution is -2.55. The monoisotopic (exact) mass is 275 g/mol. The van der Waals surface area contributed by atoms with E-state index in [1.807, 2.05) is 0 Å². The molecule has 0 bridgehead atoms. The number of nitrogens with one attached hydrogen (secondary N) is 1. The summed E-state index contributed by atoms with van der Waals surface area (Å²) >= 11 is 0. The number of hydrogen-bond acceptors (Lipinski definition) is 6. The van der Waals surface area contributed by atoms with Crippen molar-refractivity contribution in [2.75, 3.05) is 6.61 Å². The second-order valence-electron chi connectivity index (χ2n) is 3.36. The molecule has 0 saturated carbocycles. The molecule has 1 amide bonds. The Labute approximate surface area is 98.8 Å². The molecule has 4 unspecified atom stereocenters. The highest BCUT2D eigenvalue weighted by atomic mass is 19.4. The number of aliphatic hydroxyl groups excluding tert-OH is 4. The molecule has 0 aromatic heterocycles. The number of carbonyl (C=O) groups excluding carboxylic acids is 2. The molecule has 4 atom stereocenters. The van der Waals surface area contributed by atoms with Gasteiger partial charge in [-0.3, -0.25) is 4.79 Å². The maximum absolute atomic E-state index is 11.9. The zero-order valence-corrected chi connectivity index (χ0v) is 8.83. The van der Waals surface area contributed by atoms with Gasteiger partial charge < -0.3 is 30.5 Å². The minimum absolute atomic E-state index is 0.235. The molecule has 0 aliphatic rings. The van der Waals surface area contributed by atoms with Gasteiger partial charge in [0.2, 0.25) is 0 Å². The van der Waals surface area contributed by atoms with Crippen LogP contribution >= 0.6 is 0 Å². The minimum Gasteiger partial charge on any atom is -0.394 e. The van der Waals surface area contributed by atoms with Crippen molar-refractivity contribution in [2.45, 2.75) is 30.5 Å². The van der Waals surface area contributed by atoms with Crippen molar-refractivity contribution in [3.63, 3.8) is 0 Å². The number of alkyl halides is 3. The van der Waals surface area contributed by atoms with E-state index in [4.69, 9.17) is 15.3 Å². The normalized spacial score (nSPS) is 18.6. The van der Waals surface area contributed by atoms with Gasteiger partial charge >= 0.3 is 12.1 Å². The van der Waals surface area contributed by atoms with Gasteiger partial charge in [0.25, 0.3) is 0 Å². The van der Waals surface area contributed by atoms with Crippen LogP contribution in [0.4, 0.5) is 13.2 Å². The molecule has 18 heavy (non-hydrogen) atoms. The van der Waals surface area contributed by atoms with Crippen LogP contribution in [0, 0.1) is 0 Å². The van der Waals surface area contributed by atoms with E-state index in [0.717, 1.165) is 5.32 Å². The highest BCUT2D eigenvalue weighted by Crippen LogP contribution is 2.15. The van der Waals surface area contributed by atoms with E-state index in [1.54, 1.807) is 0 Å². The predicted molar refractivity (Wildman–Crippen MR) is 49.2 cm³/mol. The summed E-state index contributed by atoms with van der Waals surface area (Å²) in [5.41, 5.74) is 0. The third-order valence-corrected chi connectivity index (χ3v) is 2.00. The van der Waals surface area contributed by atoms with E-state index < -0.39 is 43.0 Å². The van der Waals surface area contributed by atoms with Crippen LogP contribution in [-0.4, -0.2) is 69.8 Å². The SMILES string of the molecule is O=CC(NC(=O)C(F)(F)F)C(O)C(O)C(O)CO. The van der Waals surface area contributed by atoms with Crippen molar-refractivity contribution < 1.29 is 43.2 Å². The average molecular weight is 275 g/mol. The average Bonchev–Trinajstić information content (AvgIpc) is 2.31. The Kier molecular flexibility index (Phi) is 6.18. The number of halogens is 3. The molecule has 0 rings (SSSR count). The lowest BCUT2D eigenvalue weighted by molar-refractivity contribution is -0.176. The first kappa shape index (κ1) is 16.8. The molecule has 7 nitrogen and oxygen atoms in total. The highest BCUT2D eigenvalue weighted by molar-refractivity contribution is 5.84. The van der Waals surface area contributed by atoms with Crippen LogP contribution in [0.2, 0.25) is 0 Å². The molecule has 106 valence electrons. The second kappa shape index (κ2) is 6.64. The summed E-state index contributed by atoms with van der Waals surface area (Å²) in [4.78, 5) is 20.9. The fraction of sp³-hybridized carbons (Fsp3) is 0.750. The number of rotatable bonds is 6. The molecular weight excluding hydrogens is 263 g/mol. The van der Waals surface area contributed by atoms with Gasteiger partial charge in [-0.05, 0) is 0 Å². The zero-order valence-electron chi connectivity index (χ0n) is 8.83. The van der Waals surface area contributed by atoms with Crippen LogP contribution in [0.3, 0.4) is 0 Å². The van der Waals surface area contributed by atoms with E-state index >= 15 is 0 Å². The van der Waals surface area contributed by atoms with Gasteiger partial charge in [-0.25, -0.2) is 0 Å². The Morgan fingerprint density at radius 1 is 1.22 bits per heavy atom. The smallest absolute Gasteiger partial charge is 0.394 e. The van der Waals surface area contributed by atoms with Gasteiger partial charge in [0.15, 0.2) is 0 Å². The number of amides is 1. The molecule has 0 fully saturated rings. The number of carbonyl (C=O) groups is 2. The van der Waals surface area contributed by atoms with Crippen LogP contribution in [0.5, 0.6) is 0 Å². The van der Waals surface area contributed by atoms with E-state index in [9.17, 15) is 27.9 Å². The standard InChI is InChI=1S/C8H12F3NO6/c9-8(10,11)7(18)12-3(1-13)5(16)6(17)4(15)2-14/h1,3-6,14-17H,2H2,(H,12,18). The first-order valence-corrected chi connectivity index (χ1v) is 4.63. The fourth-order valence-electron chi connectivity index (χ4n) is 0.981. The topological polar surface area (TPSA) is 127 Å². The van der Waals surface area contributed by atoms with Gasteiger partial charge in [0.05, 0.1) is 6.61 Å². The predicted octanol–water partition coefficient (Wildman–Crippen LogP) is -2.69. The van der Waals surface area contributed by atoms with Crippen molar-refractivity contribution >= 4 is 12.2 Å². The van der Waals surface area contributed by atoms with Crippen LogP contribution in [0.15, 0.2) is 0 Å². The highest BCUT2D eigenvalue weighted by Gasteiger charge is 2.42. The summed E-state index contributed by atoms with van der Waals surface area (Å²) in [6.45, 7) is -0.989. The Morgan fingerprint density at radius 2 is 1.72 bits per heavy atom. The third kappa shape index (κ3) is 4.56. The molecule has 0 aromatic carbocycles. The summed E-state index contributed by atoms with van der Waals surface area (Å²) in [6, 6.07) is -2.07. The molecule has 0 radical (unpaired) electrons. The van der Waals surface area contributed by atoms with E-state index in [1.165, 1.54) is 0 Å². The molecule has 0 heterocycles. The summed E-state index contributed by atoms with van der Waals surface area (Å²) < 4.78 is 35.6. The number of aldehydes is 1. The van der Waals surface area contributed by atoms with E-state index in [0.29, 0.717) is 0 Å². The summed E-state index contributed by atoms with van der Waals surface area (Å²) in [6.07, 6.45) is -11.7. The summed E-state index contributed by atoms with van der Waals surface area (Å²) in [5.74, 6) is -2.48. The quantitative estimate of drug-likeness (QED) is 0.336. The molecule has 0 aromatic rings. The Morgan fingerprint density at radius 3 is 2.06 bits per heavy atom. The molecular formula is C8H12F3NO6. The lowest BCUT2D eigenvalue weighted by atomic mass is 10.0. The molecule has 0 aliphatic heterocycles.